The zero-order valence-corrected chi connectivity index (χ0v) is 20.1. The smallest absolute Gasteiger partial charge is 1.00 e. The Hall–Kier alpha value is -1.35. The van der Waals surface area contributed by atoms with Crippen molar-refractivity contribution in [3.05, 3.63) is 93.0 Å². The van der Waals surface area contributed by atoms with Crippen LogP contribution in [0.3, 0.4) is 0 Å². The van der Waals surface area contributed by atoms with E-state index in [2.05, 4.69) is 90.4 Å². The third-order valence-corrected chi connectivity index (χ3v) is 11.0. The molecule has 0 N–H and O–H groups in total. The van der Waals surface area contributed by atoms with E-state index in [0.717, 1.165) is 0 Å². The van der Waals surface area contributed by atoms with Crippen LogP contribution in [-0.2, 0) is 22.9 Å². The summed E-state index contributed by atoms with van der Waals surface area (Å²) in [5.41, 5.74) is 7.14. The first-order valence-electron chi connectivity index (χ1n) is 8.81. The van der Waals surface area contributed by atoms with Crippen molar-refractivity contribution in [2.24, 2.45) is 0 Å². The molecule has 3 aromatic rings. The SMILES string of the molecule is Cc1cc2ccccc2n1C1=Cc2ccccc2[CH]1[Hf+2][C]1=CC=CC1.[Cl-].[Cl-]. The van der Waals surface area contributed by atoms with E-state index in [-0.39, 0.29) is 24.8 Å². The van der Waals surface area contributed by atoms with Crippen molar-refractivity contribution in [2.45, 2.75) is 17.0 Å². The molecule has 0 spiro atoms. The number of fused-ring (bicyclic) bond motifs is 2. The zero-order valence-electron chi connectivity index (χ0n) is 15.0. The van der Waals surface area contributed by atoms with Crippen LogP contribution in [0.4, 0.5) is 0 Å². The fourth-order valence-electron chi connectivity index (χ4n) is 4.03. The Morgan fingerprint density at radius 3 is 2.59 bits per heavy atom. The number of nitrogens with zero attached hydrogens (tertiary/aromatic N) is 1. The van der Waals surface area contributed by atoms with Crippen LogP contribution >= 0.6 is 0 Å². The van der Waals surface area contributed by atoms with E-state index in [9.17, 15) is 0 Å². The van der Waals surface area contributed by atoms with Crippen LogP contribution in [0.25, 0.3) is 22.7 Å². The normalized spacial score (nSPS) is 16.9. The van der Waals surface area contributed by atoms with Crippen LogP contribution in [0.2, 0.25) is 0 Å². The topological polar surface area (TPSA) is 4.93 Å². The molecular weight excluding hydrogens is 540 g/mol. The molecule has 0 saturated carbocycles. The molecule has 27 heavy (non-hydrogen) atoms. The summed E-state index contributed by atoms with van der Waals surface area (Å²) in [6.07, 6.45) is 10.5. The fraction of sp³-hybridized carbons (Fsp3) is 0.130. The predicted octanol–water partition coefficient (Wildman–Crippen LogP) is -0.0632. The summed E-state index contributed by atoms with van der Waals surface area (Å²) >= 11 is -0.981. The molecule has 4 heteroatoms. The summed E-state index contributed by atoms with van der Waals surface area (Å²) in [6.45, 7) is 2.24. The molecule has 1 unspecified atom stereocenters. The number of aryl methyl sites for hydroxylation is 1. The van der Waals surface area contributed by atoms with Gasteiger partial charge in [-0.25, -0.2) is 0 Å². The standard InChI is InChI=1S/C18H14N.C5H5.2ClH.Hf/c1-13-10-16-8-4-5-9-18(16)19(13)17-11-14-6-2-3-7-15(14)12-17;1-2-4-5-3-1;;;/h2-12H,1H3;1-3H,4H2;2*1H;/q;;;;+2/p-2. The number of rotatable bonds is 3. The Kier molecular flexibility index (Phi) is 6.30. The molecule has 0 aliphatic heterocycles. The quantitative estimate of drug-likeness (QED) is 0.397. The van der Waals surface area contributed by atoms with Gasteiger partial charge in [-0.2, -0.15) is 0 Å². The van der Waals surface area contributed by atoms with Gasteiger partial charge in [-0.1, -0.05) is 0 Å². The van der Waals surface area contributed by atoms with Gasteiger partial charge in [0.25, 0.3) is 0 Å². The summed E-state index contributed by atoms with van der Waals surface area (Å²) < 4.78 is 4.86. The number of benzene rings is 2. The molecule has 134 valence electrons. The van der Waals surface area contributed by atoms with Crippen LogP contribution in [0.5, 0.6) is 0 Å². The average Bonchev–Trinajstić information content (AvgIpc) is 3.33. The Morgan fingerprint density at radius 1 is 1.00 bits per heavy atom. The molecule has 5 rings (SSSR count). The van der Waals surface area contributed by atoms with Gasteiger partial charge < -0.3 is 24.8 Å². The molecule has 1 nitrogen and oxygen atoms in total. The fourth-order valence-corrected chi connectivity index (χ4v) is 9.70. The van der Waals surface area contributed by atoms with Crippen LogP contribution < -0.4 is 24.8 Å². The second-order valence-corrected chi connectivity index (χ2v) is 12.2. The van der Waals surface area contributed by atoms with Gasteiger partial charge in [0.05, 0.1) is 0 Å². The molecule has 2 aliphatic rings. The van der Waals surface area contributed by atoms with Gasteiger partial charge in [-0.15, -0.1) is 0 Å². The van der Waals surface area contributed by atoms with E-state index < -0.39 is 22.9 Å². The van der Waals surface area contributed by atoms with E-state index in [1.165, 1.54) is 34.3 Å². The number of halogens is 2. The maximum atomic E-state index is 2.51. The minimum absolute atomic E-state index is 0. The molecule has 1 atom stereocenters. The van der Waals surface area contributed by atoms with Crippen LogP contribution in [0.1, 0.15) is 26.9 Å². The molecule has 0 amide bonds. The summed E-state index contributed by atoms with van der Waals surface area (Å²) in [5, 5.41) is 1.34. The molecule has 1 heterocycles. The summed E-state index contributed by atoms with van der Waals surface area (Å²) in [4.78, 5) is 0. The maximum absolute atomic E-state index is 2.51. The Bertz CT molecular complexity index is 1070. The second-order valence-electron chi connectivity index (χ2n) is 6.78. The molecule has 0 saturated heterocycles. The average molecular weight is 559 g/mol. The largest absolute Gasteiger partial charge is 1.00 e. The van der Waals surface area contributed by atoms with Crippen molar-refractivity contribution >= 4 is 22.7 Å². The summed E-state index contributed by atoms with van der Waals surface area (Å²) in [7, 11) is 0. The van der Waals surface area contributed by atoms with E-state index in [0.29, 0.717) is 3.67 Å². The van der Waals surface area contributed by atoms with Crippen molar-refractivity contribution in [2.75, 3.05) is 0 Å². The summed E-state index contributed by atoms with van der Waals surface area (Å²) in [5.74, 6) is 0. The number of aromatic nitrogens is 1. The minimum atomic E-state index is -0.981. The molecule has 1 aromatic heterocycles. The molecule has 0 bridgehead atoms. The van der Waals surface area contributed by atoms with Crippen molar-refractivity contribution < 1.29 is 47.7 Å². The summed E-state index contributed by atoms with van der Waals surface area (Å²) in [6, 6.07) is 20.1. The Balaban J connectivity index is 0.00000105. The van der Waals surface area contributed by atoms with Crippen molar-refractivity contribution in [1.82, 2.24) is 4.57 Å². The Morgan fingerprint density at radius 2 is 1.78 bits per heavy atom. The number of hydrogen-bond acceptors (Lipinski definition) is 0. The van der Waals surface area contributed by atoms with Gasteiger partial charge in [-0.3, -0.25) is 0 Å². The van der Waals surface area contributed by atoms with Crippen molar-refractivity contribution in [1.29, 1.82) is 0 Å². The first-order chi connectivity index (χ1) is 12.3. The van der Waals surface area contributed by atoms with Gasteiger partial charge in [0, 0.05) is 0 Å². The number of hydrogen-bond donors (Lipinski definition) is 0. The van der Waals surface area contributed by atoms with Crippen molar-refractivity contribution in [3.8, 4) is 0 Å². The van der Waals surface area contributed by atoms with Gasteiger partial charge in [0.1, 0.15) is 0 Å². The van der Waals surface area contributed by atoms with Gasteiger partial charge >= 0.3 is 160 Å². The van der Waals surface area contributed by atoms with Gasteiger partial charge in [-0.05, 0) is 0 Å². The molecule has 2 aliphatic carbocycles. The van der Waals surface area contributed by atoms with E-state index >= 15 is 0 Å². The Labute approximate surface area is 184 Å². The van der Waals surface area contributed by atoms with E-state index in [1.54, 1.807) is 8.89 Å². The molecule has 0 radical (unpaired) electrons. The molecule has 2 aromatic carbocycles. The van der Waals surface area contributed by atoms with Crippen LogP contribution in [0, 0.1) is 6.92 Å². The third-order valence-electron chi connectivity index (χ3n) is 5.16. The first-order valence-corrected chi connectivity index (χ1v) is 12.7. The first kappa shape index (κ1) is 20.4. The number of allylic oxidation sites excluding steroid dienone is 5. The maximum Gasteiger partial charge on any atom is -1.00 e. The third kappa shape index (κ3) is 3.55. The van der Waals surface area contributed by atoms with E-state index in [4.69, 9.17) is 0 Å². The van der Waals surface area contributed by atoms with Crippen molar-refractivity contribution in [3.63, 3.8) is 0 Å². The van der Waals surface area contributed by atoms with Gasteiger partial charge in [0.15, 0.2) is 0 Å². The predicted molar refractivity (Wildman–Crippen MR) is 102 cm³/mol. The molecular formula is C23H19Cl2HfN. The molecule has 0 fully saturated rings. The van der Waals surface area contributed by atoms with E-state index in [1.807, 2.05) is 0 Å². The zero-order chi connectivity index (χ0) is 16.8. The van der Waals surface area contributed by atoms with Gasteiger partial charge in [0.2, 0.25) is 0 Å². The van der Waals surface area contributed by atoms with Crippen LogP contribution in [0.15, 0.2) is 76.2 Å². The van der Waals surface area contributed by atoms with Crippen LogP contribution in [-0.4, -0.2) is 4.57 Å². The minimum Gasteiger partial charge on any atom is -1.00 e. The number of para-hydroxylation sites is 1. The monoisotopic (exact) mass is 559 g/mol. The second kappa shape index (κ2) is 8.34.